The summed E-state index contributed by atoms with van der Waals surface area (Å²) in [5.41, 5.74) is 1.74. The number of benzene rings is 3. The second-order valence-corrected chi connectivity index (χ2v) is 10.1. The van der Waals surface area contributed by atoms with Crippen LogP contribution in [-0.4, -0.2) is 67.6 Å². The number of hydrogen-bond donors (Lipinski definition) is 0. The summed E-state index contributed by atoms with van der Waals surface area (Å²) in [6.45, 7) is 4.52. The SMILES string of the molecule is CC(=O)N1CCCN(Cc2ccccc2)CCN(C(=O)COc2ccc3c(c2)OCCO3)Cc2cc(F)c(F)cc21. The number of carbonyl (C=O) groups excluding carboxylic acids is 2. The summed E-state index contributed by atoms with van der Waals surface area (Å²) < 4.78 is 45.8. The largest absolute Gasteiger partial charge is 0.486 e. The predicted molar refractivity (Wildman–Crippen MR) is 149 cm³/mol. The maximum atomic E-state index is 14.4. The topological polar surface area (TPSA) is 71.6 Å². The Morgan fingerprint density at radius 2 is 1.63 bits per heavy atom. The zero-order valence-electron chi connectivity index (χ0n) is 23.0. The molecule has 3 aromatic carbocycles. The maximum Gasteiger partial charge on any atom is 0.260 e. The van der Waals surface area contributed by atoms with E-state index >= 15 is 0 Å². The van der Waals surface area contributed by atoms with Gasteiger partial charge in [-0.05, 0) is 35.7 Å². The molecule has 216 valence electrons. The number of amides is 2. The molecule has 3 aromatic rings. The van der Waals surface area contributed by atoms with Crippen LogP contribution in [0.1, 0.15) is 24.5 Å². The molecule has 8 nitrogen and oxygen atoms in total. The van der Waals surface area contributed by atoms with Gasteiger partial charge in [-0.25, -0.2) is 8.78 Å². The molecule has 0 aliphatic carbocycles. The first-order valence-electron chi connectivity index (χ1n) is 13.7. The lowest BCUT2D eigenvalue weighted by Gasteiger charge is -2.28. The van der Waals surface area contributed by atoms with Gasteiger partial charge in [0.05, 0.1) is 5.69 Å². The van der Waals surface area contributed by atoms with E-state index in [0.29, 0.717) is 75.2 Å². The van der Waals surface area contributed by atoms with Gasteiger partial charge in [0.25, 0.3) is 5.91 Å². The summed E-state index contributed by atoms with van der Waals surface area (Å²) in [7, 11) is 0. The molecule has 2 heterocycles. The van der Waals surface area contributed by atoms with Gasteiger partial charge in [0, 0.05) is 58.3 Å². The summed E-state index contributed by atoms with van der Waals surface area (Å²) in [4.78, 5) is 31.4. The second-order valence-electron chi connectivity index (χ2n) is 10.1. The van der Waals surface area contributed by atoms with E-state index in [2.05, 4.69) is 4.90 Å². The van der Waals surface area contributed by atoms with E-state index in [4.69, 9.17) is 14.2 Å². The number of anilines is 1. The fraction of sp³-hybridized carbons (Fsp3) is 0.355. The Bertz CT molecular complexity index is 1390. The number of fused-ring (bicyclic) bond motifs is 2. The van der Waals surface area contributed by atoms with E-state index in [0.717, 1.165) is 17.7 Å². The Morgan fingerprint density at radius 3 is 2.41 bits per heavy atom. The van der Waals surface area contributed by atoms with E-state index in [9.17, 15) is 18.4 Å². The van der Waals surface area contributed by atoms with Crippen molar-refractivity contribution >= 4 is 17.5 Å². The van der Waals surface area contributed by atoms with Crippen LogP contribution in [0.25, 0.3) is 0 Å². The zero-order valence-corrected chi connectivity index (χ0v) is 23.0. The van der Waals surface area contributed by atoms with Crippen LogP contribution < -0.4 is 19.1 Å². The highest BCUT2D eigenvalue weighted by atomic mass is 19.2. The molecular weight excluding hydrogens is 532 g/mol. The van der Waals surface area contributed by atoms with Gasteiger partial charge in [0.1, 0.15) is 19.0 Å². The molecule has 5 rings (SSSR count). The molecule has 10 heteroatoms. The molecule has 0 unspecified atom stereocenters. The third-order valence-electron chi connectivity index (χ3n) is 7.17. The molecule has 2 aliphatic rings. The van der Waals surface area contributed by atoms with Crippen LogP contribution in [0.3, 0.4) is 0 Å². The van der Waals surface area contributed by atoms with Crippen LogP contribution in [0.4, 0.5) is 14.5 Å². The highest BCUT2D eigenvalue weighted by Gasteiger charge is 2.25. The van der Waals surface area contributed by atoms with Crippen LogP contribution in [0.5, 0.6) is 17.2 Å². The minimum Gasteiger partial charge on any atom is -0.486 e. The minimum atomic E-state index is -1.05. The standard InChI is InChI=1S/C31H33F2N3O5/c1-22(37)36-11-5-10-34(19-23-6-3-2-4-7-23)12-13-35(20-24-16-26(32)27(33)18-28(24)36)31(38)21-41-25-8-9-29-30(17-25)40-15-14-39-29/h2-4,6-9,16-18H,5,10-15,19-21H2,1H3. The van der Waals surface area contributed by atoms with E-state index in [1.165, 1.54) is 11.8 Å². The average molecular weight is 566 g/mol. The van der Waals surface area contributed by atoms with Gasteiger partial charge in [-0.3, -0.25) is 14.5 Å². The quantitative estimate of drug-likeness (QED) is 0.457. The Kier molecular flexibility index (Phi) is 8.98. The average Bonchev–Trinajstić information content (AvgIpc) is 3.00. The minimum absolute atomic E-state index is 0.0151. The van der Waals surface area contributed by atoms with Crippen LogP contribution in [0, 0.1) is 11.6 Å². The Hall–Kier alpha value is -4.18. The molecule has 2 aliphatic heterocycles. The Balaban J connectivity index is 1.39. The molecule has 0 radical (unpaired) electrons. The summed E-state index contributed by atoms with van der Waals surface area (Å²) in [6, 6.07) is 17.2. The lowest BCUT2D eigenvalue weighted by atomic mass is 10.1. The third-order valence-corrected chi connectivity index (χ3v) is 7.17. The molecule has 41 heavy (non-hydrogen) atoms. The zero-order chi connectivity index (χ0) is 28.8. The number of halogens is 2. The fourth-order valence-corrected chi connectivity index (χ4v) is 5.08. The van der Waals surface area contributed by atoms with Crippen molar-refractivity contribution in [3.63, 3.8) is 0 Å². The Labute approximate surface area is 238 Å². The van der Waals surface area contributed by atoms with E-state index in [1.54, 1.807) is 23.1 Å². The molecule has 0 N–H and O–H groups in total. The highest BCUT2D eigenvalue weighted by Crippen LogP contribution is 2.33. The third kappa shape index (κ3) is 7.13. The molecule has 0 aromatic heterocycles. The highest BCUT2D eigenvalue weighted by molar-refractivity contribution is 5.92. The number of ether oxygens (including phenoxy) is 3. The fourth-order valence-electron chi connectivity index (χ4n) is 5.08. The smallest absolute Gasteiger partial charge is 0.260 e. The van der Waals surface area contributed by atoms with Crippen molar-refractivity contribution < 1.29 is 32.6 Å². The first-order chi connectivity index (χ1) is 19.9. The molecule has 0 spiro atoms. The lowest BCUT2D eigenvalue weighted by molar-refractivity contribution is -0.134. The van der Waals surface area contributed by atoms with Gasteiger partial charge < -0.3 is 24.0 Å². The second kappa shape index (κ2) is 13.0. The van der Waals surface area contributed by atoms with Gasteiger partial charge in [0.15, 0.2) is 29.7 Å². The van der Waals surface area contributed by atoms with Gasteiger partial charge in [-0.15, -0.1) is 0 Å². The molecule has 0 saturated heterocycles. The van der Waals surface area contributed by atoms with Gasteiger partial charge >= 0.3 is 0 Å². The van der Waals surface area contributed by atoms with Crippen molar-refractivity contribution in [3.05, 3.63) is 83.4 Å². The summed E-state index contributed by atoms with van der Waals surface area (Å²) in [5, 5.41) is 0. The van der Waals surface area contributed by atoms with Crippen molar-refractivity contribution in [2.45, 2.75) is 26.4 Å². The Morgan fingerprint density at radius 1 is 0.878 bits per heavy atom. The van der Waals surface area contributed by atoms with Crippen molar-refractivity contribution in [3.8, 4) is 17.2 Å². The van der Waals surface area contributed by atoms with Gasteiger partial charge in [-0.1, -0.05) is 30.3 Å². The van der Waals surface area contributed by atoms with Crippen molar-refractivity contribution in [2.24, 2.45) is 0 Å². The summed E-state index contributed by atoms with van der Waals surface area (Å²) >= 11 is 0. The molecule has 0 bridgehead atoms. The van der Waals surface area contributed by atoms with Crippen LogP contribution in [0.15, 0.2) is 60.7 Å². The predicted octanol–water partition coefficient (Wildman–Crippen LogP) is 4.40. The van der Waals surface area contributed by atoms with Crippen LogP contribution >= 0.6 is 0 Å². The van der Waals surface area contributed by atoms with Crippen LogP contribution in [-0.2, 0) is 22.7 Å². The van der Waals surface area contributed by atoms with Crippen molar-refractivity contribution in [2.75, 3.05) is 50.9 Å². The van der Waals surface area contributed by atoms with E-state index in [-0.39, 0.29) is 30.7 Å². The first kappa shape index (κ1) is 28.4. The van der Waals surface area contributed by atoms with Crippen molar-refractivity contribution in [1.29, 1.82) is 0 Å². The van der Waals surface area contributed by atoms with Crippen molar-refractivity contribution in [1.82, 2.24) is 9.80 Å². The normalized spacial score (nSPS) is 16.0. The molecule has 0 atom stereocenters. The van der Waals surface area contributed by atoms with E-state index in [1.807, 2.05) is 30.3 Å². The summed E-state index contributed by atoms with van der Waals surface area (Å²) in [5.74, 6) is -1.09. The number of carbonyl (C=O) groups is 2. The first-order valence-corrected chi connectivity index (χ1v) is 13.7. The molecule has 0 saturated carbocycles. The maximum absolute atomic E-state index is 14.4. The van der Waals surface area contributed by atoms with Gasteiger partial charge in [-0.2, -0.15) is 0 Å². The monoisotopic (exact) mass is 565 g/mol. The number of nitrogens with zero attached hydrogens (tertiary/aromatic N) is 3. The van der Waals surface area contributed by atoms with Crippen LogP contribution in [0.2, 0.25) is 0 Å². The number of hydrogen-bond acceptors (Lipinski definition) is 6. The number of rotatable bonds is 5. The lowest BCUT2D eigenvalue weighted by Crippen LogP contribution is -2.40. The molecule has 0 fully saturated rings. The molecule has 2 amide bonds. The molecular formula is C31H33F2N3O5. The van der Waals surface area contributed by atoms with Gasteiger partial charge in [0.2, 0.25) is 5.91 Å². The van der Waals surface area contributed by atoms with E-state index < -0.39 is 11.6 Å². The summed E-state index contributed by atoms with van der Waals surface area (Å²) in [6.07, 6.45) is 0.617.